The topological polar surface area (TPSA) is 112 Å². The number of anilines is 1. The van der Waals surface area contributed by atoms with Crippen molar-refractivity contribution in [3.8, 4) is 5.75 Å². The average molecular weight is 490 g/mol. The number of nitrogens with zero attached hydrogens (tertiary/aromatic N) is 4. The Balaban J connectivity index is 1.51. The van der Waals surface area contributed by atoms with Gasteiger partial charge in [0.1, 0.15) is 17.3 Å². The third-order valence-electron chi connectivity index (χ3n) is 4.76. The van der Waals surface area contributed by atoms with Gasteiger partial charge in [0.2, 0.25) is 5.91 Å². The summed E-state index contributed by atoms with van der Waals surface area (Å²) in [7, 11) is 0. The second-order valence-corrected chi connectivity index (χ2v) is 8.49. The molecule has 0 radical (unpaired) electrons. The number of nitrogens with one attached hydrogen (secondary N) is 1. The van der Waals surface area contributed by atoms with E-state index in [1.165, 1.54) is 23.9 Å². The van der Waals surface area contributed by atoms with Gasteiger partial charge in [-0.1, -0.05) is 35.5 Å². The number of benzene rings is 2. The Kier molecular flexibility index (Phi) is 8.67. The molecule has 11 heteroatoms. The highest BCUT2D eigenvalue weighted by molar-refractivity contribution is 7.99. The minimum Gasteiger partial charge on any atom is -0.493 e. The number of rotatable bonds is 11. The third-order valence-corrected chi connectivity index (χ3v) is 5.96. The maximum Gasteiger partial charge on any atom is 0.292 e. The average Bonchev–Trinajstić information content (AvgIpc) is 3.18. The van der Waals surface area contributed by atoms with Crippen LogP contribution in [0.15, 0.2) is 47.6 Å². The van der Waals surface area contributed by atoms with Crippen LogP contribution in [0.5, 0.6) is 5.75 Å². The molecule has 3 aromatic rings. The molecule has 0 atom stereocenters. The zero-order valence-corrected chi connectivity index (χ0v) is 19.9. The fourth-order valence-corrected chi connectivity index (χ4v) is 4.22. The summed E-state index contributed by atoms with van der Waals surface area (Å²) in [5.41, 5.74) is 1.00. The van der Waals surface area contributed by atoms with Crippen molar-refractivity contribution in [3.05, 3.63) is 69.0 Å². The summed E-state index contributed by atoms with van der Waals surface area (Å²) in [6, 6.07) is 11.5. The number of carbonyl (C=O) groups is 1. The van der Waals surface area contributed by atoms with Crippen LogP contribution in [0.2, 0.25) is 5.02 Å². The van der Waals surface area contributed by atoms with E-state index in [0.29, 0.717) is 29.8 Å². The summed E-state index contributed by atoms with van der Waals surface area (Å²) in [5.74, 6) is 1.32. The molecule has 1 aromatic heterocycles. The first-order valence-corrected chi connectivity index (χ1v) is 11.7. The molecule has 0 aliphatic rings. The molecule has 0 fully saturated rings. The Morgan fingerprint density at radius 1 is 1.27 bits per heavy atom. The van der Waals surface area contributed by atoms with Crippen molar-refractivity contribution >= 4 is 40.6 Å². The number of nitro benzene ring substituents is 1. The first-order valence-electron chi connectivity index (χ1n) is 10.4. The summed E-state index contributed by atoms with van der Waals surface area (Å²) >= 11 is 7.21. The zero-order valence-electron chi connectivity index (χ0n) is 18.3. The van der Waals surface area contributed by atoms with Gasteiger partial charge in [-0.25, -0.2) is 0 Å². The number of hydrogen-bond acceptors (Lipinski definition) is 7. The number of nitro groups is 1. The number of aromatic nitrogens is 3. The molecule has 0 bridgehead atoms. The zero-order chi connectivity index (χ0) is 23.8. The minimum absolute atomic E-state index is 0.0587. The van der Waals surface area contributed by atoms with Gasteiger partial charge in [0.25, 0.3) is 5.69 Å². The largest absolute Gasteiger partial charge is 0.493 e. The molecule has 0 aliphatic heterocycles. The Hall–Kier alpha value is -3.11. The van der Waals surface area contributed by atoms with E-state index in [4.69, 9.17) is 16.3 Å². The number of amides is 1. The number of ether oxygens (including phenoxy) is 1. The molecule has 0 spiro atoms. The van der Waals surface area contributed by atoms with E-state index in [2.05, 4.69) is 15.5 Å². The Morgan fingerprint density at radius 2 is 2.06 bits per heavy atom. The number of aryl methyl sites for hydroxylation is 2. The minimum atomic E-state index is -0.527. The van der Waals surface area contributed by atoms with E-state index in [1.54, 1.807) is 18.2 Å². The van der Waals surface area contributed by atoms with Gasteiger partial charge < -0.3 is 14.6 Å². The molecule has 0 saturated heterocycles. The fourth-order valence-electron chi connectivity index (χ4n) is 3.17. The van der Waals surface area contributed by atoms with E-state index in [0.717, 1.165) is 23.6 Å². The lowest BCUT2D eigenvalue weighted by Crippen LogP contribution is -2.15. The van der Waals surface area contributed by atoms with Crippen molar-refractivity contribution in [2.24, 2.45) is 0 Å². The number of carbonyl (C=O) groups excluding carboxylic acids is 1. The van der Waals surface area contributed by atoms with E-state index < -0.39 is 4.92 Å². The summed E-state index contributed by atoms with van der Waals surface area (Å²) < 4.78 is 7.79. The summed E-state index contributed by atoms with van der Waals surface area (Å²) in [4.78, 5) is 22.9. The maximum atomic E-state index is 12.3. The Bertz CT molecular complexity index is 1140. The highest BCUT2D eigenvalue weighted by Gasteiger charge is 2.17. The summed E-state index contributed by atoms with van der Waals surface area (Å²) in [5, 5.41) is 23.5. The molecule has 3 rings (SSSR count). The number of halogens is 1. The number of hydrogen-bond donors (Lipinski definition) is 1. The van der Waals surface area contributed by atoms with Crippen LogP contribution in [0.4, 0.5) is 11.4 Å². The number of thioether (sulfide) groups is 1. The van der Waals surface area contributed by atoms with E-state index >= 15 is 0 Å². The molecule has 9 nitrogen and oxygen atoms in total. The van der Waals surface area contributed by atoms with Crippen LogP contribution in [-0.2, 0) is 17.8 Å². The molecule has 174 valence electrons. The quantitative estimate of drug-likeness (QED) is 0.176. The molecule has 33 heavy (non-hydrogen) atoms. The molecular weight excluding hydrogens is 466 g/mol. The SMILES string of the molecule is CCn1c(CCCOc2ccc(Cl)cc2C)nnc1SCC(=O)Nc1ccccc1[N+](=O)[O-]. The summed E-state index contributed by atoms with van der Waals surface area (Å²) in [6.45, 7) is 5.12. The maximum absolute atomic E-state index is 12.3. The Labute approximate surface area is 200 Å². The first-order chi connectivity index (χ1) is 15.9. The van der Waals surface area contributed by atoms with E-state index in [9.17, 15) is 14.9 Å². The van der Waals surface area contributed by atoms with Crippen LogP contribution in [0, 0.1) is 17.0 Å². The standard InChI is InChI=1S/C22H24ClN5O4S/c1-3-27-20(9-6-12-32-19-11-10-16(23)13-15(19)2)25-26-22(27)33-14-21(29)24-17-7-4-5-8-18(17)28(30)31/h4-5,7-8,10-11,13H,3,6,9,12,14H2,1-2H3,(H,24,29). The Morgan fingerprint density at radius 3 is 2.79 bits per heavy atom. The lowest BCUT2D eigenvalue weighted by molar-refractivity contribution is -0.383. The van der Waals surface area contributed by atoms with Crippen molar-refractivity contribution in [3.63, 3.8) is 0 Å². The van der Waals surface area contributed by atoms with Crippen molar-refractivity contribution in [1.29, 1.82) is 0 Å². The normalized spacial score (nSPS) is 10.8. The molecule has 2 aromatic carbocycles. The van der Waals surface area contributed by atoms with Crippen molar-refractivity contribution < 1.29 is 14.5 Å². The van der Waals surface area contributed by atoms with Crippen molar-refractivity contribution in [2.45, 2.75) is 38.4 Å². The van der Waals surface area contributed by atoms with E-state index in [-0.39, 0.29) is 23.0 Å². The monoisotopic (exact) mass is 489 g/mol. The van der Waals surface area contributed by atoms with E-state index in [1.807, 2.05) is 30.5 Å². The smallest absolute Gasteiger partial charge is 0.292 e. The molecule has 1 heterocycles. The molecule has 0 saturated carbocycles. The fraction of sp³-hybridized carbons (Fsp3) is 0.318. The molecule has 0 aliphatic carbocycles. The number of para-hydroxylation sites is 2. The first kappa shape index (κ1) is 24.5. The van der Waals surface area contributed by atoms with Crippen LogP contribution in [0.1, 0.15) is 24.7 Å². The third kappa shape index (κ3) is 6.69. The van der Waals surface area contributed by atoms with Crippen LogP contribution < -0.4 is 10.1 Å². The lowest BCUT2D eigenvalue weighted by atomic mass is 10.2. The van der Waals surface area contributed by atoms with Gasteiger partial charge in [-0.2, -0.15) is 0 Å². The van der Waals surface area contributed by atoms with Gasteiger partial charge >= 0.3 is 0 Å². The highest BCUT2D eigenvalue weighted by atomic mass is 35.5. The predicted octanol–water partition coefficient (Wildman–Crippen LogP) is 4.91. The van der Waals surface area contributed by atoms with Gasteiger partial charge in [-0.05, 0) is 50.1 Å². The van der Waals surface area contributed by atoms with Crippen molar-refractivity contribution in [1.82, 2.24) is 14.8 Å². The van der Waals surface area contributed by atoms with Crippen LogP contribution in [-0.4, -0.2) is 38.0 Å². The van der Waals surface area contributed by atoms with Gasteiger partial charge in [-0.15, -0.1) is 10.2 Å². The summed E-state index contributed by atoms with van der Waals surface area (Å²) in [6.07, 6.45) is 1.43. The second kappa shape index (κ2) is 11.7. The highest BCUT2D eigenvalue weighted by Crippen LogP contribution is 2.25. The van der Waals surface area contributed by atoms with Gasteiger partial charge in [0.05, 0.1) is 17.3 Å². The molecule has 1 N–H and O–H groups in total. The van der Waals surface area contributed by atoms with Gasteiger partial charge in [0.15, 0.2) is 5.16 Å². The van der Waals surface area contributed by atoms with Crippen LogP contribution in [0.3, 0.4) is 0 Å². The van der Waals surface area contributed by atoms with Crippen LogP contribution in [0.25, 0.3) is 0 Å². The second-order valence-electron chi connectivity index (χ2n) is 7.12. The molecular formula is C22H24ClN5O4S. The van der Waals surface area contributed by atoms with Gasteiger partial charge in [0, 0.05) is 24.1 Å². The van der Waals surface area contributed by atoms with Crippen LogP contribution >= 0.6 is 23.4 Å². The lowest BCUT2D eigenvalue weighted by Gasteiger charge is -2.10. The van der Waals surface area contributed by atoms with Gasteiger partial charge in [-0.3, -0.25) is 14.9 Å². The molecule has 0 unspecified atom stereocenters. The predicted molar refractivity (Wildman–Crippen MR) is 128 cm³/mol. The van der Waals surface area contributed by atoms with Crippen molar-refractivity contribution in [2.75, 3.05) is 17.7 Å². The molecule has 1 amide bonds.